The Hall–Kier alpha value is -1.61. The molecule has 0 aliphatic heterocycles. The van der Waals surface area contributed by atoms with Crippen molar-refractivity contribution in [2.75, 3.05) is 0 Å². The molecule has 1 saturated carbocycles. The van der Waals surface area contributed by atoms with Crippen LogP contribution < -0.4 is 0 Å². The topological polar surface area (TPSA) is 50.2 Å². The van der Waals surface area contributed by atoms with E-state index < -0.39 is 5.97 Å². The number of fused-ring (bicyclic) bond motifs is 1. The maximum absolute atomic E-state index is 11.1. The molecule has 1 aromatic heterocycles. The van der Waals surface area contributed by atoms with E-state index in [-0.39, 0.29) is 5.56 Å². The van der Waals surface area contributed by atoms with E-state index in [1.165, 1.54) is 12.8 Å². The lowest BCUT2D eigenvalue weighted by molar-refractivity contribution is 0.0697. The summed E-state index contributed by atoms with van der Waals surface area (Å²) in [7, 11) is 0. The Balaban J connectivity index is 2.23. The molecule has 19 heavy (non-hydrogen) atoms. The first kappa shape index (κ1) is 12.4. The van der Waals surface area contributed by atoms with Crippen LogP contribution >= 0.6 is 11.6 Å². The summed E-state index contributed by atoms with van der Waals surface area (Å²) < 4.78 is 0. The lowest BCUT2D eigenvalue weighted by Crippen LogP contribution is -2.01. The highest BCUT2D eigenvalue weighted by Gasteiger charge is 2.21. The minimum absolute atomic E-state index is 0.288. The van der Waals surface area contributed by atoms with Gasteiger partial charge in [0.25, 0.3) is 0 Å². The molecule has 0 radical (unpaired) electrons. The fraction of sp³-hybridized carbons (Fsp3) is 0.333. The number of hydrogen-bond acceptors (Lipinski definition) is 2. The van der Waals surface area contributed by atoms with E-state index in [0.717, 1.165) is 29.3 Å². The molecule has 1 aliphatic rings. The fourth-order valence-electron chi connectivity index (χ4n) is 2.89. The molecule has 1 aromatic carbocycles. The number of carbonyl (C=O) groups is 1. The minimum atomic E-state index is -0.917. The van der Waals surface area contributed by atoms with Crippen molar-refractivity contribution in [1.82, 2.24) is 4.98 Å². The van der Waals surface area contributed by atoms with E-state index in [9.17, 15) is 4.79 Å². The number of benzene rings is 1. The Morgan fingerprint density at radius 1 is 1.26 bits per heavy atom. The van der Waals surface area contributed by atoms with Crippen LogP contribution in [0.3, 0.4) is 0 Å². The summed E-state index contributed by atoms with van der Waals surface area (Å²) in [6, 6.07) is 5.07. The molecule has 98 valence electrons. The van der Waals surface area contributed by atoms with Gasteiger partial charge in [0, 0.05) is 22.9 Å². The predicted molar refractivity (Wildman–Crippen MR) is 74.9 cm³/mol. The molecular formula is C15H14ClNO2. The van der Waals surface area contributed by atoms with Gasteiger partial charge in [-0.3, -0.25) is 4.98 Å². The minimum Gasteiger partial charge on any atom is -0.478 e. The molecule has 3 rings (SSSR count). The molecule has 0 amide bonds. The summed E-state index contributed by atoms with van der Waals surface area (Å²) in [4.78, 5) is 15.6. The average molecular weight is 276 g/mol. The SMILES string of the molecule is O=C(O)c1ccc2c(Cl)cnc(C3CCCC3)c2c1. The molecule has 0 saturated heterocycles. The van der Waals surface area contributed by atoms with Crippen LogP contribution in [0.15, 0.2) is 24.4 Å². The molecule has 1 fully saturated rings. The smallest absolute Gasteiger partial charge is 0.335 e. The van der Waals surface area contributed by atoms with E-state index >= 15 is 0 Å². The Kier molecular flexibility index (Phi) is 3.15. The van der Waals surface area contributed by atoms with Crippen molar-refractivity contribution in [2.45, 2.75) is 31.6 Å². The lowest BCUT2D eigenvalue weighted by Gasteiger charge is -2.13. The van der Waals surface area contributed by atoms with Crippen LogP contribution in [0.5, 0.6) is 0 Å². The fourth-order valence-corrected chi connectivity index (χ4v) is 3.10. The summed E-state index contributed by atoms with van der Waals surface area (Å²) >= 11 is 6.16. The van der Waals surface area contributed by atoms with E-state index in [4.69, 9.17) is 16.7 Å². The lowest BCUT2D eigenvalue weighted by atomic mass is 9.96. The van der Waals surface area contributed by atoms with Crippen LogP contribution in [0.25, 0.3) is 10.8 Å². The molecule has 1 aliphatic carbocycles. The zero-order valence-corrected chi connectivity index (χ0v) is 11.2. The third kappa shape index (κ3) is 2.19. The third-order valence-electron chi connectivity index (χ3n) is 3.86. The van der Waals surface area contributed by atoms with Gasteiger partial charge in [-0.2, -0.15) is 0 Å². The standard InChI is InChI=1S/C15H14ClNO2/c16-13-8-17-14(9-3-1-2-4-9)12-7-10(15(18)19)5-6-11(12)13/h5-9H,1-4H2,(H,18,19). The van der Waals surface area contributed by atoms with Crippen LogP contribution in [0.2, 0.25) is 5.02 Å². The van der Waals surface area contributed by atoms with E-state index in [2.05, 4.69) is 4.98 Å². The van der Waals surface area contributed by atoms with Crippen LogP contribution in [-0.4, -0.2) is 16.1 Å². The highest BCUT2D eigenvalue weighted by molar-refractivity contribution is 6.35. The van der Waals surface area contributed by atoms with Gasteiger partial charge in [-0.1, -0.05) is 30.5 Å². The predicted octanol–water partition coefficient (Wildman–Crippen LogP) is 4.24. The summed E-state index contributed by atoms with van der Waals surface area (Å²) in [5.74, 6) is -0.483. The van der Waals surface area contributed by atoms with Crippen LogP contribution in [0, 0.1) is 0 Å². The number of rotatable bonds is 2. The number of carboxylic acid groups (broad SMARTS) is 1. The quantitative estimate of drug-likeness (QED) is 0.892. The van der Waals surface area contributed by atoms with Gasteiger partial charge in [0.2, 0.25) is 0 Å². The zero-order chi connectivity index (χ0) is 13.4. The average Bonchev–Trinajstić information content (AvgIpc) is 2.92. The van der Waals surface area contributed by atoms with Crippen molar-refractivity contribution < 1.29 is 9.90 Å². The number of nitrogens with zero attached hydrogens (tertiary/aromatic N) is 1. The highest BCUT2D eigenvalue weighted by Crippen LogP contribution is 2.38. The molecule has 0 atom stereocenters. The summed E-state index contributed by atoms with van der Waals surface area (Å²) in [6.45, 7) is 0. The molecular weight excluding hydrogens is 262 g/mol. The van der Waals surface area contributed by atoms with Crippen molar-refractivity contribution in [3.63, 3.8) is 0 Å². The van der Waals surface area contributed by atoms with Gasteiger partial charge in [0.05, 0.1) is 16.3 Å². The van der Waals surface area contributed by atoms with Gasteiger partial charge >= 0.3 is 5.97 Å². The number of pyridine rings is 1. The Morgan fingerprint density at radius 2 is 2.00 bits per heavy atom. The third-order valence-corrected chi connectivity index (χ3v) is 4.16. The van der Waals surface area contributed by atoms with Crippen molar-refractivity contribution in [3.8, 4) is 0 Å². The maximum atomic E-state index is 11.1. The summed E-state index contributed by atoms with van der Waals surface area (Å²) in [5.41, 5.74) is 1.29. The number of halogens is 1. The molecule has 0 bridgehead atoms. The van der Waals surface area contributed by atoms with Gasteiger partial charge in [-0.15, -0.1) is 0 Å². The van der Waals surface area contributed by atoms with Crippen LogP contribution in [-0.2, 0) is 0 Å². The van der Waals surface area contributed by atoms with Crippen LogP contribution in [0.4, 0.5) is 0 Å². The Morgan fingerprint density at radius 3 is 2.68 bits per heavy atom. The normalized spacial score (nSPS) is 16.1. The second-order valence-electron chi connectivity index (χ2n) is 5.04. The summed E-state index contributed by atoms with van der Waals surface area (Å²) in [6.07, 6.45) is 6.37. The van der Waals surface area contributed by atoms with E-state index in [0.29, 0.717) is 10.9 Å². The molecule has 1 heterocycles. The van der Waals surface area contributed by atoms with E-state index in [1.54, 1.807) is 24.4 Å². The Labute approximate surface area is 116 Å². The molecule has 1 N–H and O–H groups in total. The van der Waals surface area contributed by atoms with Crippen molar-refractivity contribution in [1.29, 1.82) is 0 Å². The first-order valence-corrected chi connectivity index (χ1v) is 6.86. The summed E-state index contributed by atoms with van der Waals surface area (Å²) in [5, 5.41) is 11.5. The van der Waals surface area contributed by atoms with Crippen molar-refractivity contribution in [2.24, 2.45) is 0 Å². The van der Waals surface area contributed by atoms with Gasteiger partial charge in [0.15, 0.2) is 0 Å². The van der Waals surface area contributed by atoms with Gasteiger partial charge in [-0.05, 0) is 25.0 Å². The van der Waals surface area contributed by atoms with E-state index in [1.807, 2.05) is 0 Å². The second-order valence-corrected chi connectivity index (χ2v) is 5.45. The van der Waals surface area contributed by atoms with Crippen molar-refractivity contribution in [3.05, 3.63) is 40.7 Å². The second kappa shape index (κ2) is 4.82. The highest BCUT2D eigenvalue weighted by atomic mass is 35.5. The van der Waals surface area contributed by atoms with Crippen molar-refractivity contribution >= 4 is 28.3 Å². The maximum Gasteiger partial charge on any atom is 0.335 e. The first-order valence-electron chi connectivity index (χ1n) is 6.48. The number of carboxylic acids is 1. The number of aromatic carboxylic acids is 1. The monoisotopic (exact) mass is 275 g/mol. The van der Waals surface area contributed by atoms with Gasteiger partial charge in [-0.25, -0.2) is 4.79 Å². The zero-order valence-electron chi connectivity index (χ0n) is 10.4. The first-order chi connectivity index (χ1) is 9.16. The molecule has 0 unspecified atom stereocenters. The molecule has 0 spiro atoms. The number of hydrogen-bond donors (Lipinski definition) is 1. The molecule has 2 aromatic rings. The van der Waals surface area contributed by atoms with Crippen LogP contribution in [0.1, 0.15) is 47.7 Å². The molecule has 4 heteroatoms. The molecule has 3 nitrogen and oxygen atoms in total. The number of aromatic nitrogens is 1. The van der Waals surface area contributed by atoms with Gasteiger partial charge < -0.3 is 5.11 Å². The van der Waals surface area contributed by atoms with Gasteiger partial charge in [0.1, 0.15) is 0 Å². The Bertz CT molecular complexity index is 648. The largest absolute Gasteiger partial charge is 0.478 e.